The van der Waals surface area contributed by atoms with Crippen LogP contribution in [0.4, 0.5) is 0 Å². The summed E-state index contributed by atoms with van der Waals surface area (Å²) in [4.78, 5) is 23.7. The quantitative estimate of drug-likeness (QED) is 0.661. The first-order valence-corrected chi connectivity index (χ1v) is 8.55. The van der Waals surface area contributed by atoms with E-state index in [0.29, 0.717) is 24.5 Å². The SMILES string of the molecule is COc1ccccc1CCNC(=O)CNC(=O)COc1ccccc1OC. The van der Waals surface area contributed by atoms with Gasteiger partial charge < -0.3 is 24.8 Å². The minimum absolute atomic E-state index is 0.111. The molecule has 0 radical (unpaired) electrons. The largest absolute Gasteiger partial charge is 0.496 e. The van der Waals surface area contributed by atoms with E-state index in [-0.39, 0.29) is 25.0 Å². The summed E-state index contributed by atoms with van der Waals surface area (Å²) in [5, 5.41) is 5.28. The van der Waals surface area contributed by atoms with Crippen LogP contribution in [0.5, 0.6) is 17.2 Å². The highest BCUT2D eigenvalue weighted by atomic mass is 16.5. The summed E-state index contributed by atoms with van der Waals surface area (Å²) in [6.07, 6.45) is 0.639. The van der Waals surface area contributed by atoms with E-state index in [2.05, 4.69) is 10.6 Å². The number of methoxy groups -OCH3 is 2. The predicted octanol–water partition coefficient (Wildman–Crippen LogP) is 1.56. The van der Waals surface area contributed by atoms with Gasteiger partial charge in [-0.3, -0.25) is 9.59 Å². The van der Waals surface area contributed by atoms with Gasteiger partial charge in [-0.2, -0.15) is 0 Å². The Bertz CT molecular complexity index is 764. The van der Waals surface area contributed by atoms with E-state index >= 15 is 0 Å². The lowest BCUT2D eigenvalue weighted by Gasteiger charge is -2.11. The average molecular weight is 372 g/mol. The van der Waals surface area contributed by atoms with Gasteiger partial charge in [0.15, 0.2) is 18.1 Å². The molecule has 0 saturated heterocycles. The van der Waals surface area contributed by atoms with Gasteiger partial charge in [-0.1, -0.05) is 30.3 Å². The Morgan fingerprint density at radius 3 is 2.15 bits per heavy atom. The van der Waals surface area contributed by atoms with Crippen LogP contribution < -0.4 is 24.8 Å². The maximum Gasteiger partial charge on any atom is 0.258 e. The number of carbonyl (C=O) groups is 2. The Balaban J connectivity index is 1.67. The molecule has 0 aliphatic carbocycles. The van der Waals surface area contributed by atoms with Crippen molar-refractivity contribution < 1.29 is 23.8 Å². The summed E-state index contributed by atoms with van der Waals surface area (Å²) in [5.41, 5.74) is 1.01. The van der Waals surface area contributed by atoms with E-state index in [4.69, 9.17) is 14.2 Å². The lowest BCUT2D eigenvalue weighted by atomic mass is 10.1. The zero-order valence-electron chi connectivity index (χ0n) is 15.5. The number of carbonyl (C=O) groups excluding carboxylic acids is 2. The summed E-state index contributed by atoms with van der Waals surface area (Å²) < 4.78 is 15.8. The summed E-state index contributed by atoms with van der Waals surface area (Å²) in [7, 11) is 3.14. The molecule has 7 nitrogen and oxygen atoms in total. The molecular formula is C20H24N2O5. The Kier molecular flexibility index (Phi) is 7.96. The van der Waals surface area contributed by atoms with Gasteiger partial charge in [-0.15, -0.1) is 0 Å². The van der Waals surface area contributed by atoms with Gasteiger partial charge >= 0.3 is 0 Å². The Labute approximate surface area is 158 Å². The number of nitrogens with one attached hydrogen (secondary N) is 2. The third-order valence-corrected chi connectivity index (χ3v) is 3.78. The lowest BCUT2D eigenvalue weighted by molar-refractivity contribution is -0.127. The van der Waals surface area contributed by atoms with Crippen molar-refractivity contribution >= 4 is 11.8 Å². The van der Waals surface area contributed by atoms with Crippen molar-refractivity contribution in [3.63, 3.8) is 0 Å². The molecule has 2 rings (SSSR count). The van der Waals surface area contributed by atoms with Crippen LogP contribution in [-0.2, 0) is 16.0 Å². The normalized spacial score (nSPS) is 10.0. The van der Waals surface area contributed by atoms with E-state index in [9.17, 15) is 9.59 Å². The van der Waals surface area contributed by atoms with Crippen LogP contribution in [0.1, 0.15) is 5.56 Å². The van der Waals surface area contributed by atoms with Crippen molar-refractivity contribution in [2.24, 2.45) is 0 Å². The van der Waals surface area contributed by atoms with Crippen LogP contribution >= 0.6 is 0 Å². The smallest absolute Gasteiger partial charge is 0.258 e. The van der Waals surface area contributed by atoms with Gasteiger partial charge in [0.05, 0.1) is 20.8 Å². The van der Waals surface area contributed by atoms with Crippen molar-refractivity contribution in [2.45, 2.75) is 6.42 Å². The highest BCUT2D eigenvalue weighted by molar-refractivity contribution is 5.85. The maximum absolute atomic E-state index is 11.8. The second-order valence-corrected chi connectivity index (χ2v) is 5.63. The van der Waals surface area contributed by atoms with Crippen LogP contribution in [0.3, 0.4) is 0 Å². The summed E-state index contributed by atoms with van der Waals surface area (Å²) in [6, 6.07) is 14.7. The average Bonchev–Trinajstić information content (AvgIpc) is 2.71. The molecule has 0 fully saturated rings. The first-order chi connectivity index (χ1) is 13.1. The van der Waals surface area contributed by atoms with Crippen LogP contribution in [0.25, 0.3) is 0 Å². The maximum atomic E-state index is 11.8. The van der Waals surface area contributed by atoms with Gasteiger partial charge in [0.2, 0.25) is 5.91 Å². The Morgan fingerprint density at radius 2 is 1.44 bits per heavy atom. The third kappa shape index (κ3) is 6.54. The summed E-state index contributed by atoms with van der Waals surface area (Å²) >= 11 is 0. The number of benzene rings is 2. The van der Waals surface area contributed by atoms with Gasteiger partial charge in [-0.25, -0.2) is 0 Å². The summed E-state index contributed by atoms with van der Waals surface area (Å²) in [5.74, 6) is 1.14. The number of hydrogen-bond donors (Lipinski definition) is 2. The van der Waals surface area contributed by atoms with Gasteiger partial charge in [0.25, 0.3) is 5.91 Å². The number of rotatable bonds is 10. The van der Waals surface area contributed by atoms with Crippen LogP contribution in [0, 0.1) is 0 Å². The minimum Gasteiger partial charge on any atom is -0.496 e. The zero-order chi connectivity index (χ0) is 19.5. The van der Waals surface area contributed by atoms with Gasteiger partial charge in [-0.05, 0) is 30.2 Å². The van der Waals surface area contributed by atoms with E-state index < -0.39 is 0 Å². The number of amides is 2. The number of para-hydroxylation sites is 3. The molecule has 0 saturated carbocycles. The topological polar surface area (TPSA) is 85.9 Å². The fraction of sp³-hybridized carbons (Fsp3) is 0.300. The van der Waals surface area contributed by atoms with Crippen molar-refractivity contribution in [2.75, 3.05) is 33.9 Å². The fourth-order valence-corrected chi connectivity index (χ4v) is 2.42. The van der Waals surface area contributed by atoms with E-state index in [1.165, 1.54) is 7.11 Å². The van der Waals surface area contributed by atoms with Crippen molar-refractivity contribution in [1.82, 2.24) is 10.6 Å². The van der Waals surface area contributed by atoms with Crippen molar-refractivity contribution in [3.05, 3.63) is 54.1 Å². The Hall–Kier alpha value is -3.22. The molecule has 2 amide bonds. The van der Waals surface area contributed by atoms with Gasteiger partial charge in [0, 0.05) is 6.54 Å². The zero-order valence-corrected chi connectivity index (χ0v) is 15.5. The highest BCUT2D eigenvalue weighted by Gasteiger charge is 2.09. The number of ether oxygens (including phenoxy) is 3. The molecule has 27 heavy (non-hydrogen) atoms. The minimum atomic E-state index is -0.388. The van der Waals surface area contributed by atoms with E-state index in [1.54, 1.807) is 31.4 Å². The molecule has 0 aromatic heterocycles. The second-order valence-electron chi connectivity index (χ2n) is 5.63. The molecule has 2 N–H and O–H groups in total. The molecule has 0 bridgehead atoms. The van der Waals surface area contributed by atoms with Crippen molar-refractivity contribution in [3.8, 4) is 17.2 Å². The number of hydrogen-bond acceptors (Lipinski definition) is 5. The van der Waals surface area contributed by atoms with Crippen molar-refractivity contribution in [1.29, 1.82) is 0 Å². The molecule has 0 aliphatic heterocycles. The molecule has 0 atom stereocenters. The molecule has 144 valence electrons. The molecule has 0 unspecified atom stereocenters. The summed E-state index contributed by atoms with van der Waals surface area (Å²) in [6.45, 7) is 0.141. The second kappa shape index (κ2) is 10.7. The molecule has 0 spiro atoms. The monoisotopic (exact) mass is 372 g/mol. The third-order valence-electron chi connectivity index (χ3n) is 3.78. The molecule has 2 aromatic carbocycles. The van der Waals surface area contributed by atoms with Crippen LogP contribution in [0.15, 0.2) is 48.5 Å². The molecule has 0 heterocycles. The lowest BCUT2D eigenvalue weighted by Crippen LogP contribution is -2.39. The molecule has 7 heteroatoms. The first kappa shape index (κ1) is 20.1. The fourth-order valence-electron chi connectivity index (χ4n) is 2.42. The standard InChI is InChI=1S/C20H24N2O5/c1-25-16-8-4-3-7-15(16)11-12-21-19(23)13-22-20(24)14-27-18-10-6-5-9-17(18)26-2/h3-10H,11-14H2,1-2H3,(H,21,23)(H,22,24). The van der Waals surface area contributed by atoms with Crippen LogP contribution in [-0.4, -0.2) is 45.7 Å². The first-order valence-electron chi connectivity index (χ1n) is 8.55. The molecule has 2 aromatic rings. The highest BCUT2D eigenvalue weighted by Crippen LogP contribution is 2.25. The Morgan fingerprint density at radius 1 is 0.815 bits per heavy atom. The van der Waals surface area contributed by atoms with E-state index in [0.717, 1.165) is 11.3 Å². The molecular weight excluding hydrogens is 348 g/mol. The predicted molar refractivity (Wildman–Crippen MR) is 101 cm³/mol. The van der Waals surface area contributed by atoms with Gasteiger partial charge in [0.1, 0.15) is 5.75 Å². The molecule has 0 aliphatic rings. The van der Waals surface area contributed by atoms with Crippen LogP contribution in [0.2, 0.25) is 0 Å². The van der Waals surface area contributed by atoms with E-state index in [1.807, 2.05) is 24.3 Å².